The van der Waals surface area contributed by atoms with Gasteiger partial charge in [0.1, 0.15) is 0 Å². The van der Waals surface area contributed by atoms with Gasteiger partial charge >= 0.3 is 0 Å². The van der Waals surface area contributed by atoms with E-state index in [1.54, 1.807) is 0 Å². The van der Waals surface area contributed by atoms with E-state index in [1.807, 2.05) is 48.5 Å². The maximum absolute atomic E-state index is 12.1. The van der Waals surface area contributed by atoms with Gasteiger partial charge in [0.2, 0.25) is 0 Å². The second-order valence-electron chi connectivity index (χ2n) is 3.41. The van der Waals surface area contributed by atoms with Gasteiger partial charge in [-0.2, -0.15) is 0 Å². The number of anilines is 1. The molecule has 2 rings (SSSR count). The number of para-hydroxylation sites is 1. The average molecular weight is 449 g/mol. The van der Waals surface area contributed by atoms with Crippen LogP contribution in [0.1, 0.15) is 10.4 Å². The first-order chi connectivity index (χ1) is 8.18. The first-order valence-electron chi connectivity index (χ1n) is 4.99. The van der Waals surface area contributed by atoms with Crippen LogP contribution >= 0.6 is 45.2 Å². The zero-order valence-electron chi connectivity index (χ0n) is 8.78. The Kier molecular flexibility index (Phi) is 4.38. The number of benzene rings is 2. The van der Waals surface area contributed by atoms with Crippen molar-refractivity contribution in [3.05, 3.63) is 61.2 Å². The average Bonchev–Trinajstić information content (AvgIpc) is 2.32. The minimum absolute atomic E-state index is 0.0703. The highest BCUT2D eigenvalue weighted by atomic mass is 127. The topological polar surface area (TPSA) is 29.1 Å². The van der Waals surface area contributed by atoms with Gasteiger partial charge in [0, 0.05) is 7.14 Å². The summed E-state index contributed by atoms with van der Waals surface area (Å²) in [6.45, 7) is 0. The quantitative estimate of drug-likeness (QED) is 0.687. The molecule has 0 spiro atoms. The van der Waals surface area contributed by atoms with Crippen LogP contribution in [0.2, 0.25) is 0 Å². The number of carbonyl (C=O) groups excluding carboxylic acids is 1. The van der Waals surface area contributed by atoms with Crippen LogP contribution in [0.4, 0.5) is 5.69 Å². The van der Waals surface area contributed by atoms with Gasteiger partial charge in [-0.1, -0.05) is 24.3 Å². The smallest absolute Gasteiger partial charge is 0.256 e. The molecule has 0 bridgehead atoms. The van der Waals surface area contributed by atoms with E-state index in [9.17, 15) is 4.79 Å². The molecule has 0 aliphatic carbocycles. The fourth-order valence-electron chi connectivity index (χ4n) is 1.40. The molecule has 0 aromatic heterocycles. The summed E-state index contributed by atoms with van der Waals surface area (Å²) < 4.78 is 1.98. The molecule has 2 aromatic rings. The number of amides is 1. The normalized spacial score (nSPS) is 10.0. The monoisotopic (exact) mass is 449 g/mol. The molecule has 0 aliphatic rings. The Bertz CT molecular complexity index is 555. The van der Waals surface area contributed by atoms with Crippen LogP contribution in [0.3, 0.4) is 0 Å². The third kappa shape index (κ3) is 3.19. The van der Waals surface area contributed by atoms with E-state index in [2.05, 4.69) is 50.5 Å². The summed E-state index contributed by atoms with van der Waals surface area (Å²) >= 11 is 4.37. The van der Waals surface area contributed by atoms with Crippen LogP contribution in [0.15, 0.2) is 48.5 Å². The summed E-state index contributed by atoms with van der Waals surface area (Å²) in [7, 11) is 0. The van der Waals surface area contributed by atoms with E-state index >= 15 is 0 Å². The Morgan fingerprint density at radius 2 is 1.47 bits per heavy atom. The molecular weight excluding hydrogens is 440 g/mol. The SMILES string of the molecule is O=C(Nc1ccccc1I)c1ccccc1I. The maximum atomic E-state index is 12.1. The van der Waals surface area contributed by atoms with Crippen LogP contribution in [0, 0.1) is 7.14 Å². The molecule has 0 fully saturated rings. The highest BCUT2D eigenvalue weighted by Crippen LogP contribution is 2.19. The Morgan fingerprint density at radius 1 is 0.882 bits per heavy atom. The zero-order chi connectivity index (χ0) is 12.3. The highest BCUT2D eigenvalue weighted by molar-refractivity contribution is 14.1. The van der Waals surface area contributed by atoms with E-state index < -0.39 is 0 Å². The predicted molar refractivity (Wildman–Crippen MR) is 86.3 cm³/mol. The molecule has 17 heavy (non-hydrogen) atoms. The van der Waals surface area contributed by atoms with E-state index in [0.717, 1.165) is 12.8 Å². The lowest BCUT2D eigenvalue weighted by molar-refractivity contribution is 0.102. The fraction of sp³-hybridized carbons (Fsp3) is 0. The summed E-state index contributed by atoms with van der Waals surface area (Å²) in [5, 5.41) is 2.92. The van der Waals surface area contributed by atoms with Crippen molar-refractivity contribution >= 4 is 56.8 Å². The Hall–Kier alpha value is -0.630. The second kappa shape index (κ2) is 5.81. The summed E-state index contributed by atoms with van der Waals surface area (Å²) in [6.07, 6.45) is 0. The Balaban J connectivity index is 2.24. The van der Waals surface area contributed by atoms with Gasteiger partial charge < -0.3 is 5.32 Å². The lowest BCUT2D eigenvalue weighted by Crippen LogP contribution is -2.14. The van der Waals surface area contributed by atoms with Gasteiger partial charge in [0.05, 0.1) is 11.3 Å². The number of nitrogens with one attached hydrogen (secondary N) is 1. The molecule has 2 nitrogen and oxygen atoms in total. The second-order valence-corrected chi connectivity index (χ2v) is 5.74. The van der Waals surface area contributed by atoms with Crippen LogP contribution in [-0.4, -0.2) is 5.91 Å². The molecule has 4 heteroatoms. The van der Waals surface area contributed by atoms with Gasteiger partial charge in [-0.25, -0.2) is 0 Å². The van der Waals surface area contributed by atoms with E-state index in [4.69, 9.17) is 0 Å². The lowest BCUT2D eigenvalue weighted by Gasteiger charge is -2.08. The van der Waals surface area contributed by atoms with Crippen molar-refractivity contribution in [3.63, 3.8) is 0 Å². The van der Waals surface area contributed by atoms with Crippen molar-refractivity contribution in [2.24, 2.45) is 0 Å². The largest absolute Gasteiger partial charge is 0.321 e. The summed E-state index contributed by atoms with van der Waals surface area (Å²) in [6, 6.07) is 15.3. The molecule has 0 atom stereocenters. The number of rotatable bonds is 2. The molecule has 0 heterocycles. The van der Waals surface area contributed by atoms with Gasteiger partial charge in [0.15, 0.2) is 0 Å². The highest BCUT2D eigenvalue weighted by Gasteiger charge is 2.10. The van der Waals surface area contributed by atoms with Gasteiger partial charge in [-0.15, -0.1) is 0 Å². The number of carbonyl (C=O) groups is 1. The molecule has 0 radical (unpaired) electrons. The number of hydrogen-bond acceptors (Lipinski definition) is 1. The predicted octanol–water partition coefficient (Wildman–Crippen LogP) is 4.15. The summed E-state index contributed by atoms with van der Waals surface area (Å²) in [4.78, 5) is 12.1. The lowest BCUT2D eigenvalue weighted by atomic mass is 10.2. The van der Waals surface area contributed by atoms with Crippen LogP contribution < -0.4 is 5.32 Å². The Morgan fingerprint density at radius 3 is 2.12 bits per heavy atom. The Labute approximate surface area is 127 Å². The maximum Gasteiger partial charge on any atom is 0.256 e. The van der Waals surface area contributed by atoms with Crippen molar-refractivity contribution in [2.45, 2.75) is 0 Å². The zero-order valence-corrected chi connectivity index (χ0v) is 13.1. The van der Waals surface area contributed by atoms with Crippen LogP contribution in [-0.2, 0) is 0 Å². The standard InChI is InChI=1S/C13H9I2NO/c14-10-6-2-1-5-9(10)13(17)16-12-8-4-3-7-11(12)15/h1-8H,(H,16,17). The molecule has 2 aromatic carbocycles. The van der Waals surface area contributed by atoms with Gasteiger partial charge in [-0.3, -0.25) is 4.79 Å². The third-order valence-corrected chi connectivity index (χ3v) is 4.12. The summed E-state index contributed by atoms with van der Waals surface area (Å²) in [5.41, 5.74) is 1.55. The van der Waals surface area contributed by atoms with Crippen molar-refractivity contribution in [3.8, 4) is 0 Å². The van der Waals surface area contributed by atoms with Gasteiger partial charge in [-0.05, 0) is 69.4 Å². The summed E-state index contributed by atoms with van der Waals surface area (Å²) in [5.74, 6) is -0.0703. The fourth-order valence-corrected chi connectivity index (χ4v) is 2.55. The molecule has 1 amide bonds. The van der Waals surface area contributed by atoms with Crippen molar-refractivity contribution in [2.75, 3.05) is 5.32 Å². The number of halogens is 2. The molecule has 0 unspecified atom stereocenters. The van der Waals surface area contributed by atoms with Crippen molar-refractivity contribution in [1.29, 1.82) is 0 Å². The first-order valence-corrected chi connectivity index (χ1v) is 7.14. The third-order valence-electron chi connectivity index (χ3n) is 2.24. The van der Waals surface area contributed by atoms with E-state index in [-0.39, 0.29) is 5.91 Å². The molecule has 0 saturated heterocycles. The first kappa shape index (κ1) is 12.8. The minimum Gasteiger partial charge on any atom is -0.321 e. The molecule has 0 aliphatic heterocycles. The van der Waals surface area contributed by atoms with Crippen molar-refractivity contribution in [1.82, 2.24) is 0 Å². The molecule has 86 valence electrons. The van der Waals surface area contributed by atoms with E-state index in [1.165, 1.54) is 0 Å². The van der Waals surface area contributed by atoms with Gasteiger partial charge in [0.25, 0.3) is 5.91 Å². The van der Waals surface area contributed by atoms with Crippen LogP contribution in [0.25, 0.3) is 0 Å². The minimum atomic E-state index is -0.0703. The van der Waals surface area contributed by atoms with Crippen LogP contribution in [0.5, 0.6) is 0 Å². The number of hydrogen-bond donors (Lipinski definition) is 1. The molecule has 1 N–H and O–H groups in total. The molecule has 0 saturated carbocycles. The van der Waals surface area contributed by atoms with E-state index in [0.29, 0.717) is 5.56 Å². The molecular formula is C13H9I2NO. The van der Waals surface area contributed by atoms with Crippen molar-refractivity contribution < 1.29 is 4.79 Å².